The Labute approximate surface area is 54.2 Å². The Morgan fingerprint density at radius 2 is 2.44 bits per heavy atom. The molecular formula is C6H11NO2. The molecule has 2 unspecified atom stereocenters. The monoisotopic (exact) mass is 129 g/mol. The molecule has 0 aromatic carbocycles. The first-order valence-electron chi connectivity index (χ1n) is 3.12. The van der Waals surface area contributed by atoms with Gasteiger partial charge in [-0.25, -0.2) is 0 Å². The molecule has 0 aromatic heterocycles. The van der Waals surface area contributed by atoms with E-state index in [1.165, 1.54) is 0 Å². The zero-order valence-corrected chi connectivity index (χ0v) is 5.46. The van der Waals surface area contributed by atoms with E-state index in [9.17, 15) is 4.79 Å². The van der Waals surface area contributed by atoms with E-state index in [-0.39, 0.29) is 12.0 Å². The number of carbonyl (C=O) groups is 1. The standard InChI is InChI=1S/C6H11NO2/c1-4-2-5(7)6(8)9-3-4/h4-5H,2-3,7H2,1H3. The van der Waals surface area contributed by atoms with Crippen LogP contribution >= 0.6 is 0 Å². The summed E-state index contributed by atoms with van der Waals surface area (Å²) < 4.78 is 4.74. The maximum absolute atomic E-state index is 10.6. The van der Waals surface area contributed by atoms with Crippen molar-refractivity contribution in [1.29, 1.82) is 0 Å². The predicted octanol–water partition coefficient (Wildman–Crippen LogP) is -0.103. The van der Waals surface area contributed by atoms with E-state index in [4.69, 9.17) is 10.5 Å². The highest BCUT2D eigenvalue weighted by Gasteiger charge is 2.23. The van der Waals surface area contributed by atoms with Crippen LogP contribution in [-0.4, -0.2) is 18.6 Å². The van der Waals surface area contributed by atoms with E-state index in [0.717, 1.165) is 6.42 Å². The summed E-state index contributed by atoms with van der Waals surface area (Å²) in [6.07, 6.45) is 0.763. The van der Waals surface area contributed by atoms with Crippen LogP contribution in [0.3, 0.4) is 0 Å². The molecule has 2 N–H and O–H groups in total. The lowest BCUT2D eigenvalue weighted by Gasteiger charge is -2.22. The van der Waals surface area contributed by atoms with Gasteiger partial charge in [-0.2, -0.15) is 0 Å². The summed E-state index contributed by atoms with van der Waals surface area (Å²) in [5.74, 6) is 0.172. The molecule has 0 amide bonds. The normalized spacial score (nSPS) is 36.0. The van der Waals surface area contributed by atoms with Crippen molar-refractivity contribution < 1.29 is 9.53 Å². The molecule has 0 bridgehead atoms. The van der Waals surface area contributed by atoms with Gasteiger partial charge < -0.3 is 10.5 Å². The van der Waals surface area contributed by atoms with Gasteiger partial charge in [-0.15, -0.1) is 0 Å². The number of esters is 1. The van der Waals surface area contributed by atoms with E-state index >= 15 is 0 Å². The van der Waals surface area contributed by atoms with Crippen molar-refractivity contribution in [2.75, 3.05) is 6.61 Å². The Balaban J connectivity index is 2.44. The van der Waals surface area contributed by atoms with Crippen LogP contribution in [0.5, 0.6) is 0 Å². The number of hydrogen-bond donors (Lipinski definition) is 1. The third-order valence-corrected chi connectivity index (χ3v) is 1.47. The molecule has 1 heterocycles. The molecule has 0 aromatic rings. The van der Waals surface area contributed by atoms with Gasteiger partial charge in [-0.1, -0.05) is 6.92 Å². The van der Waals surface area contributed by atoms with Gasteiger partial charge in [0, 0.05) is 0 Å². The second-order valence-corrected chi connectivity index (χ2v) is 2.58. The van der Waals surface area contributed by atoms with Gasteiger partial charge in [-0.3, -0.25) is 4.79 Å². The number of ether oxygens (including phenoxy) is 1. The summed E-state index contributed by atoms with van der Waals surface area (Å²) in [6, 6.07) is -0.381. The highest BCUT2D eigenvalue weighted by molar-refractivity contribution is 5.76. The van der Waals surface area contributed by atoms with Crippen molar-refractivity contribution in [2.45, 2.75) is 19.4 Å². The smallest absolute Gasteiger partial charge is 0.322 e. The molecule has 2 atom stereocenters. The third-order valence-electron chi connectivity index (χ3n) is 1.47. The van der Waals surface area contributed by atoms with Crippen LogP contribution in [0, 0.1) is 5.92 Å². The fourth-order valence-corrected chi connectivity index (χ4v) is 0.929. The molecule has 0 saturated carbocycles. The number of nitrogens with two attached hydrogens (primary N) is 1. The van der Waals surface area contributed by atoms with E-state index < -0.39 is 0 Å². The van der Waals surface area contributed by atoms with Crippen molar-refractivity contribution in [1.82, 2.24) is 0 Å². The van der Waals surface area contributed by atoms with E-state index in [2.05, 4.69) is 0 Å². The number of cyclic esters (lactones) is 1. The zero-order chi connectivity index (χ0) is 6.85. The maximum atomic E-state index is 10.6. The summed E-state index contributed by atoms with van der Waals surface area (Å²) in [5, 5.41) is 0. The van der Waals surface area contributed by atoms with Crippen LogP contribution in [0.2, 0.25) is 0 Å². The molecule has 3 nitrogen and oxygen atoms in total. The van der Waals surface area contributed by atoms with E-state index in [1.807, 2.05) is 6.92 Å². The number of rotatable bonds is 0. The fraction of sp³-hybridized carbons (Fsp3) is 0.833. The molecule has 0 radical (unpaired) electrons. The quantitative estimate of drug-likeness (QED) is 0.464. The minimum atomic E-state index is -0.381. The zero-order valence-electron chi connectivity index (χ0n) is 5.46. The lowest BCUT2D eigenvalue weighted by atomic mass is 10.0. The Morgan fingerprint density at radius 3 is 2.89 bits per heavy atom. The molecule has 3 heteroatoms. The first-order chi connectivity index (χ1) is 4.20. The summed E-state index contributed by atoms with van der Waals surface area (Å²) >= 11 is 0. The van der Waals surface area contributed by atoms with Gasteiger partial charge in [-0.05, 0) is 12.3 Å². The molecule has 9 heavy (non-hydrogen) atoms. The van der Waals surface area contributed by atoms with Gasteiger partial charge >= 0.3 is 5.97 Å². The SMILES string of the molecule is CC1COC(=O)C(N)C1. The topological polar surface area (TPSA) is 52.3 Å². The Morgan fingerprint density at radius 1 is 1.78 bits per heavy atom. The Bertz CT molecular complexity index is 124. The molecular weight excluding hydrogens is 118 g/mol. The average Bonchev–Trinajstić information content (AvgIpc) is 1.80. The van der Waals surface area contributed by atoms with Crippen molar-refractivity contribution in [3.05, 3.63) is 0 Å². The van der Waals surface area contributed by atoms with E-state index in [1.54, 1.807) is 0 Å². The fourth-order valence-electron chi connectivity index (χ4n) is 0.929. The molecule has 1 saturated heterocycles. The maximum Gasteiger partial charge on any atom is 0.322 e. The molecule has 1 fully saturated rings. The van der Waals surface area contributed by atoms with Crippen LogP contribution in [0.1, 0.15) is 13.3 Å². The molecule has 0 spiro atoms. The van der Waals surface area contributed by atoms with Crippen molar-refractivity contribution in [2.24, 2.45) is 11.7 Å². The van der Waals surface area contributed by atoms with Gasteiger partial charge in [0.05, 0.1) is 6.61 Å². The van der Waals surface area contributed by atoms with Crippen molar-refractivity contribution in [3.8, 4) is 0 Å². The lowest BCUT2D eigenvalue weighted by Crippen LogP contribution is -2.39. The highest BCUT2D eigenvalue weighted by Crippen LogP contribution is 2.11. The van der Waals surface area contributed by atoms with Gasteiger partial charge in [0.2, 0.25) is 0 Å². The Kier molecular flexibility index (Phi) is 1.71. The minimum absolute atomic E-state index is 0.256. The minimum Gasteiger partial charge on any atom is -0.464 e. The van der Waals surface area contributed by atoms with Crippen LogP contribution in [0.25, 0.3) is 0 Å². The largest absolute Gasteiger partial charge is 0.464 e. The lowest BCUT2D eigenvalue weighted by molar-refractivity contribution is -0.151. The summed E-state index contributed by atoms with van der Waals surface area (Å²) in [4.78, 5) is 10.6. The number of hydrogen-bond acceptors (Lipinski definition) is 3. The first-order valence-corrected chi connectivity index (χ1v) is 3.12. The van der Waals surface area contributed by atoms with Crippen LogP contribution in [-0.2, 0) is 9.53 Å². The molecule has 52 valence electrons. The molecule has 1 rings (SSSR count). The predicted molar refractivity (Wildman–Crippen MR) is 32.7 cm³/mol. The van der Waals surface area contributed by atoms with Crippen molar-refractivity contribution in [3.63, 3.8) is 0 Å². The second kappa shape index (κ2) is 2.35. The molecule has 0 aliphatic carbocycles. The van der Waals surface area contributed by atoms with E-state index in [0.29, 0.717) is 12.5 Å². The van der Waals surface area contributed by atoms with Gasteiger partial charge in [0.15, 0.2) is 0 Å². The second-order valence-electron chi connectivity index (χ2n) is 2.58. The van der Waals surface area contributed by atoms with Crippen molar-refractivity contribution >= 4 is 5.97 Å². The summed E-state index contributed by atoms with van der Waals surface area (Å²) in [6.45, 7) is 2.55. The average molecular weight is 129 g/mol. The summed E-state index contributed by atoms with van der Waals surface area (Å²) in [5.41, 5.74) is 5.39. The third kappa shape index (κ3) is 1.42. The number of carbonyl (C=O) groups excluding carboxylic acids is 1. The van der Waals surface area contributed by atoms with Gasteiger partial charge in [0.1, 0.15) is 6.04 Å². The van der Waals surface area contributed by atoms with Crippen LogP contribution in [0.4, 0.5) is 0 Å². The molecule has 1 aliphatic heterocycles. The summed E-state index contributed by atoms with van der Waals surface area (Å²) in [7, 11) is 0. The van der Waals surface area contributed by atoms with Crippen LogP contribution in [0.15, 0.2) is 0 Å². The highest BCUT2D eigenvalue weighted by atomic mass is 16.5. The Hall–Kier alpha value is -0.570. The first kappa shape index (κ1) is 6.55. The molecule has 1 aliphatic rings. The van der Waals surface area contributed by atoms with Crippen LogP contribution < -0.4 is 5.73 Å². The van der Waals surface area contributed by atoms with Gasteiger partial charge in [0.25, 0.3) is 0 Å².